The average molecular weight is 393 g/mol. The van der Waals surface area contributed by atoms with E-state index in [0.29, 0.717) is 16.9 Å². The van der Waals surface area contributed by atoms with Crippen molar-refractivity contribution in [3.8, 4) is 5.75 Å². The van der Waals surface area contributed by atoms with E-state index in [1.54, 1.807) is 44.2 Å². The molecule has 2 aromatic rings. The Balaban J connectivity index is 1.91. The van der Waals surface area contributed by atoms with Gasteiger partial charge in [-0.1, -0.05) is 32.0 Å². The molecule has 0 radical (unpaired) electrons. The monoisotopic (exact) mass is 393 g/mol. The maximum absolute atomic E-state index is 12.9. The number of alkyl halides is 3. The van der Waals surface area contributed by atoms with Gasteiger partial charge in [0, 0.05) is 17.5 Å². The lowest BCUT2D eigenvalue weighted by atomic mass is 9.83. The minimum absolute atomic E-state index is 0.0684. The second kappa shape index (κ2) is 8.46. The van der Waals surface area contributed by atoms with E-state index >= 15 is 0 Å². The summed E-state index contributed by atoms with van der Waals surface area (Å²) in [7, 11) is 0. The molecule has 0 aliphatic carbocycles. The summed E-state index contributed by atoms with van der Waals surface area (Å²) in [5.41, 5.74) is -0.398. The van der Waals surface area contributed by atoms with Crippen LogP contribution in [0.3, 0.4) is 0 Å². The fourth-order valence-corrected chi connectivity index (χ4v) is 2.52. The molecule has 28 heavy (non-hydrogen) atoms. The maximum Gasteiger partial charge on any atom is 0.416 e. The Morgan fingerprint density at radius 2 is 1.61 bits per heavy atom. The zero-order chi connectivity index (χ0) is 20.9. The van der Waals surface area contributed by atoms with Crippen molar-refractivity contribution in [2.45, 2.75) is 32.4 Å². The molecule has 0 unspecified atom stereocenters. The van der Waals surface area contributed by atoms with Crippen molar-refractivity contribution < 1.29 is 27.5 Å². The van der Waals surface area contributed by atoms with E-state index in [4.69, 9.17) is 4.74 Å². The first-order valence-corrected chi connectivity index (χ1v) is 8.67. The Morgan fingerprint density at radius 1 is 1.00 bits per heavy atom. The van der Waals surface area contributed by atoms with Crippen molar-refractivity contribution in [3.63, 3.8) is 0 Å². The molecule has 0 aliphatic heterocycles. The van der Waals surface area contributed by atoms with Crippen LogP contribution in [0.2, 0.25) is 0 Å². The smallest absolute Gasteiger partial charge is 0.416 e. The quantitative estimate of drug-likeness (QED) is 0.711. The third kappa shape index (κ3) is 5.84. The van der Waals surface area contributed by atoms with Crippen LogP contribution < -0.4 is 10.1 Å². The van der Waals surface area contributed by atoms with Gasteiger partial charge in [0.1, 0.15) is 5.75 Å². The number of carbonyl (C=O) groups excluding carboxylic acids is 2. The summed E-state index contributed by atoms with van der Waals surface area (Å²) in [6.07, 6.45) is -4.42. The largest absolute Gasteiger partial charge is 0.484 e. The molecular formula is C21H22F3NO3. The van der Waals surface area contributed by atoms with Crippen LogP contribution in [-0.2, 0) is 16.4 Å². The molecule has 1 N–H and O–H groups in total. The molecule has 0 spiro atoms. The van der Waals surface area contributed by atoms with E-state index in [9.17, 15) is 22.8 Å². The minimum atomic E-state index is -4.42. The van der Waals surface area contributed by atoms with Gasteiger partial charge in [0.2, 0.25) is 0 Å². The highest BCUT2D eigenvalue weighted by atomic mass is 19.4. The van der Waals surface area contributed by atoms with Crippen LogP contribution in [0.1, 0.15) is 42.3 Å². The Kier molecular flexibility index (Phi) is 6.48. The topological polar surface area (TPSA) is 55.4 Å². The molecule has 0 saturated carbocycles. The minimum Gasteiger partial charge on any atom is -0.484 e. The molecule has 2 aromatic carbocycles. The second-order valence-corrected chi connectivity index (χ2v) is 7.11. The number of rotatable bonds is 7. The van der Waals surface area contributed by atoms with Crippen molar-refractivity contribution in [2.75, 3.05) is 13.2 Å². The summed E-state index contributed by atoms with van der Waals surface area (Å²) in [6.45, 7) is 4.88. The van der Waals surface area contributed by atoms with Gasteiger partial charge in [0.05, 0.1) is 5.56 Å². The van der Waals surface area contributed by atoms with Gasteiger partial charge in [-0.3, -0.25) is 9.59 Å². The lowest BCUT2D eigenvalue weighted by Gasteiger charge is -2.26. The summed E-state index contributed by atoms with van der Waals surface area (Å²) in [5, 5.41) is 2.68. The number of nitrogens with one attached hydrogen (secondary N) is 1. The molecule has 0 fully saturated rings. The number of halogens is 3. The highest BCUT2D eigenvalue weighted by Gasteiger charge is 2.32. The second-order valence-electron chi connectivity index (χ2n) is 7.11. The SMILES string of the molecule is CC(=O)c1ccc(OCC(=O)NCC(C)(C)c2cccc(C(F)(F)F)c2)cc1. The third-order valence-corrected chi connectivity index (χ3v) is 4.33. The number of ketones is 1. The van der Waals surface area contributed by atoms with Crippen LogP contribution in [0.5, 0.6) is 5.75 Å². The molecule has 0 bridgehead atoms. The van der Waals surface area contributed by atoms with Gasteiger partial charge in [-0.05, 0) is 42.8 Å². The first-order valence-electron chi connectivity index (χ1n) is 8.67. The zero-order valence-electron chi connectivity index (χ0n) is 15.9. The van der Waals surface area contributed by atoms with Crippen LogP contribution in [0, 0.1) is 0 Å². The van der Waals surface area contributed by atoms with Gasteiger partial charge in [-0.15, -0.1) is 0 Å². The molecule has 150 valence electrons. The Hall–Kier alpha value is -2.83. The number of amides is 1. The lowest BCUT2D eigenvalue weighted by Crippen LogP contribution is -2.39. The van der Waals surface area contributed by atoms with Gasteiger partial charge in [0.15, 0.2) is 12.4 Å². The number of hydrogen-bond donors (Lipinski definition) is 1. The zero-order valence-corrected chi connectivity index (χ0v) is 15.9. The van der Waals surface area contributed by atoms with Crippen LogP contribution in [-0.4, -0.2) is 24.8 Å². The fourth-order valence-electron chi connectivity index (χ4n) is 2.52. The molecule has 1 amide bonds. The number of benzene rings is 2. The molecular weight excluding hydrogens is 371 g/mol. The van der Waals surface area contributed by atoms with Crippen LogP contribution in [0.4, 0.5) is 13.2 Å². The van der Waals surface area contributed by atoms with E-state index in [1.165, 1.54) is 13.0 Å². The fraction of sp³-hybridized carbons (Fsp3) is 0.333. The van der Waals surface area contributed by atoms with Crippen molar-refractivity contribution in [2.24, 2.45) is 0 Å². The average Bonchev–Trinajstić information content (AvgIpc) is 2.64. The maximum atomic E-state index is 12.9. The van der Waals surface area contributed by atoms with Crippen molar-refractivity contribution >= 4 is 11.7 Å². The van der Waals surface area contributed by atoms with E-state index in [0.717, 1.165) is 12.1 Å². The standard InChI is InChI=1S/C21H22F3NO3/c1-14(26)15-7-9-18(10-8-15)28-12-19(27)25-13-20(2,3)16-5-4-6-17(11-16)21(22,23)24/h4-11H,12-13H2,1-3H3,(H,25,27). The Labute approximate surface area is 161 Å². The predicted octanol–water partition coefficient (Wildman–Crippen LogP) is 4.38. The van der Waals surface area contributed by atoms with Gasteiger partial charge >= 0.3 is 6.18 Å². The van der Waals surface area contributed by atoms with E-state index in [-0.39, 0.29) is 18.9 Å². The molecule has 4 nitrogen and oxygen atoms in total. The molecule has 0 aromatic heterocycles. The third-order valence-electron chi connectivity index (χ3n) is 4.33. The summed E-state index contributed by atoms with van der Waals surface area (Å²) in [4.78, 5) is 23.3. The molecule has 0 heterocycles. The first kappa shape index (κ1) is 21.5. The van der Waals surface area contributed by atoms with Gasteiger partial charge in [0.25, 0.3) is 5.91 Å². The normalized spacial score (nSPS) is 11.8. The van der Waals surface area contributed by atoms with Crippen LogP contribution in [0.25, 0.3) is 0 Å². The van der Waals surface area contributed by atoms with E-state index in [2.05, 4.69) is 5.32 Å². The number of ether oxygens (including phenoxy) is 1. The van der Waals surface area contributed by atoms with Crippen LogP contribution in [0.15, 0.2) is 48.5 Å². The summed E-state index contributed by atoms with van der Waals surface area (Å²) in [6, 6.07) is 11.5. The Bertz CT molecular complexity index is 843. The summed E-state index contributed by atoms with van der Waals surface area (Å²) in [5.74, 6) is -0.0194. The number of Topliss-reactive ketones (excluding diaryl/α,β-unsaturated/α-hetero) is 1. The number of hydrogen-bond acceptors (Lipinski definition) is 3. The van der Waals surface area contributed by atoms with Gasteiger partial charge in [-0.2, -0.15) is 13.2 Å². The number of carbonyl (C=O) groups is 2. The molecule has 0 atom stereocenters. The lowest BCUT2D eigenvalue weighted by molar-refractivity contribution is -0.137. The molecule has 0 aliphatic rings. The van der Waals surface area contributed by atoms with Gasteiger partial charge in [-0.25, -0.2) is 0 Å². The van der Waals surface area contributed by atoms with Gasteiger partial charge < -0.3 is 10.1 Å². The van der Waals surface area contributed by atoms with E-state index < -0.39 is 23.1 Å². The van der Waals surface area contributed by atoms with Crippen LogP contribution >= 0.6 is 0 Å². The van der Waals surface area contributed by atoms with Crippen molar-refractivity contribution in [1.29, 1.82) is 0 Å². The van der Waals surface area contributed by atoms with E-state index in [1.807, 2.05) is 0 Å². The highest BCUT2D eigenvalue weighted by Crippen LogP contribution is 2.32. The summed E-state index contributed by atoms with van der Waals surface area (Å²) >= 11 is 0. The molecule has 2 rings (SSSR count). The molecule has 7 heteroatoms. The summed E-state index contributed by atoms with van der Waals surface area (Å²) < 4.78 is 44.1. The van der Waals surface area contributed by atoms with Crippen molar-refractivity contribution in [1.82, 2.24) is 5.32 Å². The van der Waals surface area contributed by atoms with Crippen molar-refractivity contribution in [3.05, 3.63) is 65.2 Å². The molecule has 0 saturated heterocycles. The first-order chi connectivity index (χ1) is 13.0. The predicted molar refractivity (Wildman–Crippen MR) is 99.4 cm³/mol. The Morgan fingerprint density at radius 3 is 2.18 bits per heavy atom. The highest BCUT2D eigenvalue weighted by molar-refractivity contribution is 5.94.